The van der Waals surface area contributed by atoms with E-state index in [1.54, 1.807) is 0 Å². The van der Waals surface area contributed by atoms with Crippen molar-refractivity contribution in [2.45, 2.75) is 91.9 Å². The van der Waals surface area contributed by atoms with E-state index in [1.807, 2.05) is 72.8 Å². The van der Waals surface area contributed by atoms with Crippen molar-refractivity contribution in [2.24, 2.45) is 0 Å². The average molecular weight is 357 g/mol. The molecule has 0 N–H and O–H groups in total. The first kappa shape index (κ1) is 26.7. The Balaban J connectivity index is 0. The predicted octanol–water partition coefficient (Wildman–Crippen LogP) is 9.33. The van der Waals surface area contributed by atoms with Gasteiger partial charge in [-0.3, -0.25) is 0 Å². The van der Waals surface area contributed by atoms with Gasteiger partial charge in [0.15, 0.2) is 0 Å². The van der Waals surface area contributed by atoms with Crippen molar-refractivity contribution < 1.29 is 0 Å². The van der Waals surface area contributed by atoms with Crippen LogP contribution in [0.25, 0.3) is 0 Å². The van der Waals surface area contributed by atoms with Crippen LogP contribution in [0.5, 0.6) is 0 Å². The zero-order chi connectivity index (χ0) is 17.0. The highest BCUT2D eigenvalue weighted by atomic mass is 14.0. The molecule has 26 heavy (non-hydrogen) atoms. The number of hydrogen-bond donors (Lipinski definition) is 0. The Kier molecular flexibility index (Phi) is 24.0. The topological polar surface area (TPSA) is 0 Å². The van der Waals surface area contributed by atoms with Crippen molar-refractivity contribution in [3.8, 4) is 0 Å². The van der Waals surface area contributed by atoms with Gasteiger partial charge in [-0.05, 0) is 0 Å². The van der Waals surface area contributed by atoms with Crippen LogP contribution in [0.15, 0.2) is 72.8 Å². The second-order valence-electron chi connectivity index (χ2n) is 6.55. The summed E-state index contributed by atoms with van der Waals surface area (Å²) in [7, 11) is 0. The Labute approximate surface area is 165 Å². The molecule has 0 atom stereocenters. The Bertz CT molecular complexity index is 292. The van der Waals surface area contributed by atoms with E-state index < -0.39 is 0 Å². The minimum absolute atomic E-state index is 0. The van der Waals surface area contributed by atoms with Crippen LogP contribution in [0.2, 0.25) is 0 Å². The molecule has 2 aromatic rings. The molecule has 0 amide bonds. The quantitative estimate of drug-likeness (QED) is 0.441. The maximum Gasteiger partial charge on any atom is -0.0533 e. The van der Waals surface area contributed by atoms with Crippen molar-refractivity contribution in [3.63, 3.8) is 0 Å². The maximum absolute atomic E-state index is 2.00. The summed E-state index contributed by atoms with van der Waals surface area (Å²) in [6.07, 6.45) is 18.0. The Morgan fingerprint density at radius 2 is 0.269 bits per heavy atom. The smallest absolute Gasteiger partial charge is 0.0533 e. The summed E-state index contributed by atoms with van der Waals surface area (Å²) in [6.45, 7) is 0. The summed E-state index contributed by atoms with van der Waals surface area (Å²) < 4.78 is 0. The van der Waals surface area contributed by atoms with Crippen molar-refractivity contribution in [2.75, 3.05) is 0 Å². The van der Waals surface area contributed by atoms with Gasteiger partial charge in [-0.1, -0.05) is 165 Å². The lowest BCUT2D eigenvalue weighted by Gasteiger charge is -2.05. The van der Waals surface area contributed by atoms with Gasteiger partial charge < -0.3 is 0 Å². The summed E-state index contributed by atoms with van der Waals surface area (Å²) in [5.74, 6) is 0. The standard InChI is InChI=1S/2C6H12.2C6H6.2CH4/c4*1-2-4-6-5-3-1;;/h2*1-6H2;2*1-6H;2*1H4. The van der Waals surface area contributed by atoms with Crippen LogP contribution in [0.1, 0.15) is 91.9 Å². The summed E-state index contributed by atoms with van der Waals surface area (Å²) in [4.78, 5) is 0. The van der Waals surface area contributed by atoms with Crippen LogP contribution >= 0.6 is 0 Å². The van der Waals surface area contributed by atoms with Gasteiger partial charge in [-0.15, -0.1) is 0 Å². The third-order valence-electron chi connectivity index (χ3n) is 4.33. The Morgan fingerprint density at radius 1 is 0.192 bits per heavy atom. The first-order valence-corrected chi connectivity index (χ1v) is 10.00. The zero-order valence-electron chi connectivity index (χ0n) is 15.4. The van der Waals surface area contributed by atoms with Crippen LogP contribution in [0.4, 0.5) is 0 Å². The predicted molar refractivity (Wildman–Crippen MR) is 122 cm³/mol. The minimum Gasteiger partial charge on any atom is -0.0776 e. The molecular weight excluding hydrogens is 312 g/mol. The minimum atomic E-state index is 0. The van der Waals surface area contributed by atoms with E-state index in [0.29, 0.717) is 0 Å². The van der Waals surface area contributed by atoms with Crippen molar-refractivity contribution in [1.29, 1.82) is 0 Å². The molecule has 2 aliphatic rings. The fraction of sp³-hybridized carbons (Fsp3) is 0.538. The molecule has 2 fully saturated rings. The van der Waals surface area contributed by atoms with E-state index in [0.717, 1.165) is 0 Å². The lowest BCUT2D eigenvalue weighted by Crippen LogP contribution is -1.85. The lowest BCUT2D eigenvalue weighted by atomic mass is 10.0. The monoisotopic (exact) mass is 356 g/mol. The highest BCUT2D eigenvalue weighted by Crippen LogP contribution is 2.15. The van der Waals surface area contributed by atoms with Crippen LogP contribution in [-0.4, -0.2) is 0 Å². The number of hydrogen-bond acceptors (Lipinski definition) is 0. The normalized spacial score (nSPS) is 14.8. The highest BCUT2D eigenvalue weighted by molar-refractivity contribution is 4.99. The highest BCUT2D eigenvalue weighted by Gasteiger charge is 1.96. The molecule has 2 aliphatic carbocycles. The molecule has 0 heteroatoms. The molecule has 0 heterocycles. The van der Waals surface area contributed by atoms with Crippen LogP contribution in [-0.2, 0) is 0 Å². The third-order valence-corrected chi connectivity index (χ3v) is 4.33. The van der Waals surface area contributed by atoms with Crippen molar-refractivity contribution in [3.05, 3.63) is 72.8 Å². The van der Waals surface area contributed by atoms with Crippen LogP contribution in [0, 0.1) is 0 Å². The van der Waals surface area contributed by atoms with E-state index in [2.05, 4.69) is 0 Å². The van der Waals surface area contributed by atoms with Crippen LogP contribution < -0.4 is 0 Å². The Hall–Kier alpha value is -1.56. The van der Waals surface area contributed by atoms with Crippen molar-refractivity contribution in [1.82, 2.24) is 0 Å². The summed E-state index contributed by atoms with van der Waals surface area (Å²) >= 11 is 0. The summed E-state index contributed by atoms with van der Waals surface area (Å²) in [5.41, 5.74) is 0. The summed E-state index contributed by atoms with van der Waals surface area (Å²) in [6, 6.07) is 24.0. The largest absolute Gasteiger partial charge is 0.0776 e. The van der Waals surface area contributed by atoms with Gasteiger partial charge in [0, 0.05) is 0 Å². The second-order valence-corrected chi connectivity index (χ2v) is 6.55. The van der Waals surface area contributed by atoms with E-state index >= 15 is 0 Å². The molecule has 0 radical (unpaired) electrons. The SMILES string of the molecule is C.C.C1CCCCC1.C1CCCCC1.c1ccccc1.c1ccccc1. The lowest BCUT2D eigenvalue weighted by molar-refractivity contribution is 0.504. The first-order chi connectivity index (χ1) is 12.0. The van der Waals surface area contributed by atoms with E-state index in [9.17, 15) is 0 Å². The number of benzene rings is 2. The van der Waals surface area contributed by atoms with E-state index in [4.69, 9.17) is 0 Å². The molecule has 0 nitrogen and oxygen atoms in total. The molecule has 0 aliphatic heterocycles. The molecular formula is C26H44. The van der Waals surface area contributed by atoms with Gasteiger partial charge in [-0.25, -0.2) is 0 Å². The van der Waals surface area contributed by atoms with Gasteiger partial charge in [0.1, 0.15) is 0 Å². The number of rotatable bonds is 0. The first-order valence-electron chi connectivity index (χ1n) is 10.00. The van der Waals surface area contributed by atoms with Gasteiger partial charge in [0.2, 0.25) is 0 Å². The van der Waals surface area contributed by atoms with Crippen molar-refractivity contribution >= 4 is 0 Å². The van der Waals surface area contributed by atoms with Gasteiger partial charge >= 0.3 is 0 Å². The average Bonchev–Trinajstić information content (AvgIpc) is 2.75. The molecule has 4 rings (SSSR count). The fourth-order valence-electron chi connectivity index (χ4n) is 2.89. The molecule has 0 bridgehead atoms. The van der Waals surface area contributed by atoms with E-state index in [-0.39, 0.29) is 14.9 Å². The second kappa shape index (κ2) is 23.4. The molecule has 2 aromatic carbocycles. The molecule has 0 spiro atoms. The van der Waals surface area contributed by atoms with Gasteiger partial charge in [-0.2, -0.15) is 0 Å². The maximum atomic E-state index is 2.00. The molecule has 0 aromatic heterocycles. The Morgan fingerprint density at radius 3 is 0.346 bits per heavy atom. The molecule has 0 unspecified atom stereocenters. The van der Waals surface area contributed by atoms with E-state index in [1.165, 1.54) is 77.0 Å². The molecule has 0 saturated heterocycles. The molecule has 148 valence electrons. The molecule has 2 saturated carbocycles. The third kappa shape index (κ3) is 20.5. The summed E-state index contributed by atoms with van der Waals surface area (Å²) in [5, 5.41) is 0. The zero-order valence-corrected chi connectivity index (χ0v) is 15.4. The fourth-order valence-corrected chi connectivity index (χ4v) is 2.89. The van der Waals surface area contributed by atoms with Gasteiger partial charge in [0.05, 0.1) is 0 Å². The van der Waals surface area contributed by atoms with Crippen LogP contribution in [0.3, 0.4) is 0 Å². The van der Waals surface area contributed by atoms with Gasteiger partial charge in [0.25, 0.3) is 0 Å².